The highest BCUT2D eigenvalue weighted by Gasteiger charge is 2.35. The molecule has 2 heterocycles. The van der Waals surface area contributed by atoms with E-state index in [1.54, 1.807) is 12.0 Å². The number of benzene rings is 1. The van der Waals surface area contributed by atoms with Gasteiger partial charge in [-0.2, -0.15) is 0 Å². The van der Waals surface area contributed by atoms with E-state index in [0.29, 0.717) is 13.0 Å². The van der Waals surface area contributed by atoms with Crippen LogP contribution in [0.4, 0.5) is 10.5 Å². The monoisotopic (exact) mass is 345 g/mol. The van der Waals surface area contributed by atoms with Crippen LogP contribution in [0.2, 0.25) is 0 Å². The van der Waals surface area contributed by atoms with Crippen LogP contribution in [-0.4, -0.2) is 48.6 Å². The Kier molecular flexibility index (Phi) is 5.16. The second kappa shape index (κ2) is 7.33. The first-order chi connectivity index (χ1) is 12.0. The largest absolute Gasteiger partial charge is 0.497 e. The number of amides is 3. The van der Waals surface area contributed by atoms with Crippen LogP contribution in [0.5, 0.6) is 5.75 Å². The predicted octanol–water partition coefficient (Wildman–Crippen LogP) is 2.77. The van der Waals surface area contributed by atoms with Gasteiger partial charge in [-0.05, 0) is 57.4 Å². The lowest BCUT2D eigenvalue weighted by molar-refractivity contribution is -0.117. The maximum absolute atomic E-state index is 12.7. The third-order valence-electron chi connectivity index (χ3n) is 5.26. The van der Waals surface area contributed by atoms with Crippen LogP contribution in [0, 0.1) is 0 Å². The molecule has 3 atom stereocenters. The third-order valence-corrected chi connectivity index (χ3v) is 5.26. The van der Waals surface area contributed by atoms with Crippen molar-refractivity contribution < 1.29 is 14.3 Å². The third kappa shape index (κ3) is 3.72. The van der Waals surface area contributed by atoms with E-state index in [1.807, 2.05) is 29.2 Å². The van der Waals surface area contributed by atoms with Crippen molar-refractivity contribution in [3.63, 3.8) is 0 Å². The zero-order valence-electron chi connectivity index (χ0n) is 15.2. The number of nitrogens with zero attached hydrogens (tertiary/aromatic N) is 2. The molecule has 2 aliphatic rings. The number of nitrogens with one attached hydrogen (secondary N) is 1. The number of carbonyl (C=O) groups is 2. The summed E-state index contributed by atoms with van der Waals surface area (Å²) in [5, 5.41) is 3.06. The fourth-order valence-corrected chi connectivity index (χ4v) is 3.89. The standard InChI is InChI=1S/C19H27N3O3/c1-13-5-4-6-14(2)22(13)19(24)20-15-11-18(23)21(12-15)16-7-9-17(25-3)10-8-16/h7-10,13-15H,4-6,11-12H2,1-3H3,(H,20,24)/t13-,14-,15+/m0/s1. The summed E-state index contributed by atoms with van der Waals surface area (Å²) in [4.78, 5) is 28.7. The Bertz CT molecular complexity index is 621. The molecule has 1 aromatic rings. The maximum Gasteiger partial charge on any atom is 0.318 e. The van der Waals surface area contributed by atoms with Gasteiger partial charge >= 0.3 is 6.03 Å². The van der Waals surface area contributed by atoms with Gasteiger partial charge in [-0.3, -0.25) is 4.79 Å². The molecule has 2 aliphatic heterocycles. The number of hydrogen-bond donors (Lipinski definition) is 1. The number of likely N-dealkylation sites (tertiary alicyclic amines) is 1. The Labute approximate surface area is 149 Å². The Balaban J connectivity index is 1.63. The molecule has 0 unspecified atom stereocenters. The number of carbonyl (C=O) groups excluding carboxylic acids is 2. The van der Waals surface area contributed by atoms with Crippen molar-refractivity contribution in [2.75, 3.05) is 18.6 Å². The summed E-state index contributed by atoms with van der Waals surface area (Å²) in [7, 11) is 1.62. The summed E-state index contributed by atoms with van der Waals surface area (Å²) in [6.45, 7) is 4.70. The van der Waals surface area contributed by atoms with Crippen molar-refractivity contribution in [3.05, 3.63) is 24.3 Å². The van der Waals surface area contributed by atoms with Crippen molar-refractivity contribution >= 4 is 17.6 Å². The van der Waals surface area contributed by atoms with Gasteiger partial charge in [0.2, 0.25) is 5.91 Å². The predicted molar refractivity (Wildman–Crippen MR) is 96.9 cm³/mol. The van der Waals surface area contributed by atoms with E-state index in [2.05, 4.69) is 19.2 Å². The molecule has 6 heteroatoms. The minimum absolute atomic E-state index is 0.0372. The van der Waals surface area contributed by atoms with Crippen molar-refractivity contribution in [1.82, 2.24) is 10.2 Å². The van der Waals surface area contributed by atoms with Gasteiger partial charge < -0.3 is 19.9 Å². The highest BCUT2D eigenvalue weighted by molar-refractivity contribution is 5.96. The average Bonchev–Trinajstić information content (AvgIpc) is 2.95. The summed E-state index contributed by atoms with van der Waals surface area (Å²) in [5.41, 5.74) is 0.835. The molecule has 0 aromatic heterocycles. The minimum atomic E-state index is -0.150. The van der Waals surface area contributed by atoms with Crippen molar-refractivity contribution in [2.24, 2.45) is 0 Å². The molecule has 3 rings (SSSR count). The van der Waals surface area contributed by atoms with Gasteiger partial charge in [0.15, 0.2) is 0 Å². The van der Waals surface area contributed by atoms with Gasteiger partial charge in [0.1, 0.15) is 5.75 Å². The van der Waals surface area contributed by atoms with Crippen LogP contribution in [0.25, 0.3) is 0 Å². The number of rotatable bonds is 3. The lowest BCUT2D eigenvalue weighted by atomic mass is 9.98. The van der Waals surface area contributed by atoms with E-state index in [4.69, 9.17) is 4.74 Å². The molecular formula is C19H27N3O3. The van der Waals surface area contributed by atoms with Crippen LogP contribution in [0.1, 0.15) is 39.5 Å². The van der Waals surface area contributed by atoms with Crippen LogP contribution >= 0.6 is 0 Å². The van der Waals surface area contributed by atoms with E-state index in [0.717, 1.165) is 24.3 Å². The van der Waals surface area contributed by atoms with E-state index < -0.39 is 0 Å². The van der Waals surface area contributed by atoms with E-state index in [-0.39, 0.29) is 30.1 Å². The highest BCUT2D eigenvalue weighted by Crippen LogP contribution is 2.26. The van der Waals surface area contributed by atoms with Crippen LogP contribution in [0.15, 0.2) is 24.3 Å². The van der Waals surface area contributed by atoms with Gasteiger partial charge in [0.05, 0.1) is 13.2 Å². The molecule has 1 aromatic carbocycles. The zero-order valence-corrected chi connectivity index (χ0v) is 15.2. The van der Waals surface area contributed by atoms with E-state index in [9.17, 15) is 9.59 Å². The van der Waals surface area contributed by atoms with Gasteiger partial charge in [-0.1, -0.05) is 0 Å². The minimum Gasteiger partial charge on any atom is -0.497 e. The number of ether oxygens (including phenoxy) is 1. The topological polar surface area (TPSA) is 61.9 Å². The first-order valence-corrected chi connectivity index (χ1v) is 9.03. The maximum atomic E-state index is 12.7. The first kappa shape index (κ1) is 17.6. The molecule has 136 valence electrons. The lowest BCUT2D eigenvalue weighted by Crippen LogP contribution is -2.54. The van der Waals surface area contributed by atoms with Crippen molar-refractivity contribution in [1.29, 1.82) is 0 Å². The summed E-state index contributed by atoms with van der Waals surface area (Å²) in [6, 6.07) is 7.72. The molecule has 6 nitrogen and oxygen atoms in total. The smallest absolute Gasteiger partial charge is 0.318 e. The second-order valence-corrected chi connectivity index (χ2v) is 7.09. The number of hydrogen-bond acceptors (Lipinski definition) is 3. The molecule has 2 fully saturated rings. The molecule has 0 bridgehead atoms. The van der Waals surface area contributed by atoms with Gasteiger partial charge in [-0.25, -0.2) is 4.79 Å². The Morgan fingerprint density at radius 1 is 1.16 bits per heavy atom. The fraction of sp³-hybridized carbons (Fsp3) is 0.579. The molecule has 1 N–H and O–H groups in total. The average molecular weight is 345 g/mol. The molecule has 3 amide bonds. The highest BCUT2D eigenvalue weighted by atomic mass is 16.5. The summed E-state index contributed by atoms with van der Waals surface area (Å²) >= 11 is 0. The lowest BCUT2D eigenvalue weighted by Gasteiger charge is -2.39. The number of methoxy groups -OCH3 is 1. The van der Waals surface area contributed by atoms with Crippen LogP contribution < -0.4 is 15.0 Å². The number of anilines is 1. The normalized spacial score (nSPS) is 26.7. The Morgan fingerprint density at radius 2 is 1.80 bits per heavy atom. The zero-order chi connectivity index (χ0) is 18.0. The number of urea groups is 1. The Morgan fingerprint density at radius 3 is 2.40 bits per heavy atom. The molecular weight excluding hydrogens is 318 g/mol. The molecule has 2 saturated heterocycles. The molecule has 0 spiro atoms. The molecule has 25 heavy (non-hydrogen) atoms. The summed E-state index contributed by atoms with van der Waals surface area (Å²) in [6.07, 6.45) is 3.59. The fourth-order valence-electron chi connectivity index (χ4n) is 3.89. The summed E-state index contributed by atoms with van der Waals surface area (Å²) in [5.74, 6) is 0.795. The number of piperidine rings is 1. The molecule has 0 radical (unpaired) electrons. The quantitative estimate of drug-likeness (QED) is 0.916. The van der Waals surface area contributed by atoms with E-state index >= 15 is 0 Å². The van der Waals surface area contributed by atoms with Gasteiger partial charge in [0, 0.05) is 30.7 Å². The van der Waals surface area contributed by atoms with Gasteiger partial charge in [0.25, 0.3) is 0 Å². The van der Waals surface area contributed by atoms with Crippen molar-refractivity contribution in [3.8, 4) is 5.75 Å². The van der Waals surface area contributed by atoms with Gasteiger partial charge in [-0.15, -0.1) is 0 Å². The molecule has 0 aliphatic carbocycles. The van der Waals surface area contributed by atoms with Crippen LogP contribution in [0.3, 0.4) is 0 Å². The van der Waals surface area contributed by atoms with Crippen LogP contribution in [-0.2, 0) is 4.79 Å². The Hall–Kier alpha value is -2.24. The summed E-state index contributed by atoms with van der Waals surface area (Å²) < 4.78 is 5.15. The second-order valence-electron chi connectivity index (χ2n) is 7.09. The molecule has 0 saturated carbocycles. The SMILES string of the molecule is COc1ccc(N2C[C@H](NC(=O)N3[C@@H](C)CCC[C@@H]3C)CC2=O)cc1. The first-order valence-electron chi connectivity index (χ1n) is 9.03. The van der Waals surface area contributed by atoms with E-state index in [1.165, 1.54) is 6.42 Å². The van der Waals surface area contributed by atoms with Crippen molar-refractivity contribution in [2.45, 2.75) is 57.7 Å².